The Balaban J connectivity index is 0.895. The summed E-state index contributed by atoms with van der Waals surface area (Å²) in [5.74, 6) is 0.616. The number of carbonyl (C=O) groups excluding carboxylic acids is 4. The van der Waals surface area contributed by atoms with Crippen molar-refractivity contribution in [2.75, 3.05) is 0 Å². The number of rotatable bonds is 42. The first kappa shape index (κ1) is 78.1. The van der Waals surface area contributed by atoms with Crippen LogP contribution in [0.5, 0.6) is 0 Å². The van der Waals surface area contributed by atoms with E-state index < -0.39 is 0 Å². The molecule has 2 aliphatic rings. The van der Waals surface area contributed by atoms with Crippen molar-refractivity contribution in [3.05, 3.63) is 185 Å². The van der Waals surface area contributed by atoms with Crippen molar-refractivity contribution in [3.63, 3.8) is 0 Å². The van der Waals surface area contributed by atoms with Crippen molar-refractivity contribution >= 4 is 146 Å². The van der Waals surface area contributed by atoms with Crippen LogP contribution in [0.4, 0.5) is 0 Å². The van der Waals surface area contributed by atoms with E-state index >= 15 is 0 Å². The van der Waals surface area contributed by atoms with Crippen molar-refractivity contribution in [3.8, 4) is 59.9 Å². The van der Waals surface area contributed by atoms with Gasteiger partial charge in [0.1, 0.15) is 0 Å². The topological polar surface area (TPSA) is 68.3 Å². The van der Waals surface area contributed by atoms with E-state index in [0.717, 1.165) is 48.3 Å². The molecule has 11 aromatic rings. The summed E-state index contributed by atoms with van der Waals surface area (Å²) < 4.78 is 2.69. The number of hydrogen-bond donors (Lipinski definition) is 0. The Morgan fingerprint density at radius 3 is 0.991 bits per heavy atom. The summed E-state index contributed by atoms with van der Waals surface area (Å²) in [5.41, 5.74) is 7.87. The van der Waals surface area contributed by atoms with Crippen LogP contribution in [-0.4, -0.2) is 23.1 Å². The molecular formula is C94H106O4S8. The number of allylic oxidation sites excluding steroid dienone is 2. The van der Waals surface area contributed by atoms with Gasteiger partial charge in [-0.15, -0.1) is 90.7 Å². The first-order valence-electron chi connectivity index (χ1n) is 40.5. The lowest BCUT2D eigenvalue weighted by molar-refractivity contribution is 0.0975. The fourth-order valence-corrected chi connectivity index (χ4v) is 25.7. The highest BCUT2D eigenvalue weighted by Gasteiger charge is 2.35. The third kappa shape index (κ3) is 18.4. The molecule has 12 heteroatoms. The van der Waals surface area contributed by atoms with E-state index in [2.05, 4.69) is 114 Å². The Morgan fingerprint density at radius 1 is 0.311 bits per heavy atom. The molecule has 0 bridgehead atoms. The third-order valence-corrected chi connectivity index (χ3v) is 31.9. The molecule has 0 spiro atoms. The first-order valence-corrected chi connectivity index (χ1v) is 47.0. The van der Waals surface area contributed by atoms with Gasteiger partial charge >= 0.3 is 0 Å². The Hall–Kier alpha value is -6.06. The molecule has 13 rings (SSSR count). The SMILES string of the molecule is CCCCCCCCCCCCc1cc(C=C2C(=O)c3ccccc3C2=O)sc1-c1ccc(-c2cc3c(-c4ccc(CC(CC)CCCC)s4)c4sc(-c5ccc(-c6sc(C=C7C(=O)c8ccccc8C7=O)cc6CCCCCCCCCCCC)s5)cc4c(-c4ccc(CC(CC)CCCC)s4)c3s2)s1. The minimum atomic E-state index is -0.175. The highest BCUT2D eigenvalue weighted by atomic mass is 32.1. The normalized spacial score (nSPS) is 13.6. The quantitative estimate of drug-likeness (QED) is 0.0217. The van der Waals surface area contributed by atoms with Crippen LogP contribution in [0.2, 0.25) is 0 Å². The second-order valence-electron chi connectivity index (χ2n) is 30.0. The highest BCUT2D eigenvalue weighted by molar-refractivity contribution is 7.31. The predicted molar refractivity (Wildman–Crippen MR) is 468 cm³/mol. The van der Waals surface area contributed by atoms with Gasteiger partial charge in [-0.25, -0.2) is 0 Å². The van der Waals surface area contributed by atoms with Gasteiger partial charge in [-0.3, -0.25) is 19.2 Å². The van der Waals surface area contributed by atoms with Gasteiger partial charge in [-0.1, -0.05) is 257 Å². The third-order valence-electron chi connectivity index (χ3n) is 22.1. The Bertz CT molecular complexity index is 4460. The van der Waals surface area contributed by atoms with Gasteiger partial charge in [0.2, 0.25) is 0 Å². The minimum absolute atomic E-state index is 0.175. The maximum atomic E-state index is 13.8. The molecule has 2 aliphatic carbocycles. The smallest absolute Gasteiger partial charge is 0.197 e. The second-order valence-corrected chi connectivity index (χ2v) is 38.7. The number of Topliss-reactive ketones (excluding diaryl/α,β-unsaturated/α-hetero) is 4. The van der Waals surface area contributed by atoms with E-state index in [1.807, 2.05) is 104 Å². The monoisotopic (exact) mass is 1550 g/mol. The molecule has 4 nitrogen and oxygen atoms in total. The summed E-state index contributed by atoms with van der Waals surface area (Å²) in [4.78, 5) is 73.0. The van der Waals surface area contributed by atoms with Crippen LogP contribution in [0.25, 0.3) is 92.2 Å². The van der Waals surface area contributed by atoms with Crippen molar-refractivity contribution in [1.82, 2.24) is 0 Å². The average molecular weight is 1560 g/mol. The lowest BCUT2D eigenvalue weighted by Crippen LogP contribution is -2.01. The molecule has 0 radical (unpaired) electrons. The molecule has 2 unspecified atom stereocenters. The van der Waals surface area contributed by atoms with Gasteiger partial charge in [0.05, 0.1) is 11.1 Å². The zero-order valence-electron chi connectivity index (χ0n) is 63.4. The number of carbonyl (C=O) groups is 4. The summed E-state index contributed by atoms with van der Waals surface area (Å²) in [6.45, 7) is 14.0. The van der Waals surface area contributed by atoms with Crippen LogP contribution >= 0.6 is 90.7 Å². The highest BCUT2D eigenvalue weighted by Crippen LogP contribution is 2.56. The molecule has 2 atom stereocenters. The Kier molecular flexibility index (Phi) is 28.0. The summed E-state index contributed by atoms with van der Waals surface area (Å²) >= 11 is 15.2. The summed E-state index contributed by atoms with van der Waals surface area (Å²) in [7, 11) is 0. The van der Waals surface area contributed by atoms with Crippen LogP contribution in [0.1, 0.15) is 293 Å². The zero-order chi connectivity index (χ0) is 73.5. The number of ketones is 4. The van der Waals surface area contributed by atoms with Gasteiger partial charge in [0.15, 0.2) is 23.1 Å². The lowest BCUT2D eigenvalue weighted by Gasteiger charge is -2.13. The van der Waals surface area contributed by atoms with Crippen LogP contribution < -0.4 is 0 Å². The van der Waals surface area contributed by atoms with Crippen LogP contribution in [0, 0.1) is 11.8 Å². The van der Waals surface area contributed by atoms with E-state index in [4.69, 9.17) is 0 Å². The van der Waals surface area contributed by atoms with E-state index in [1.54, 1.807) is 46.9 Å². The predicted octanol–water partition coefficient (Wildman–Crippen LogP) is 31.9. The van der Waals surface area contributed by atoms with Gasteiger partial charge < -0.3 is 0 Å². The summed E-state index contributed by atoms with van der Waals surface area (Å²) in [5, 5.41) is 2.65. The minimum Gasteiger partial charge on any atom is -0.288 e. The molecule has 8 aromatic heterocycles. The van der Waals surface area contributed by atoms with E-state index in [9.17, 15) is 19.2 Å². The molecule has 106 heavy (non-hydrogen) atoms. The van der Waals surface area contributed by atoms with Gasteiger partial charge in [-0.2, -0.15) is 0 Å². The zero-order valence-corrected chi connectivity index (χ0v) is 69.9. The molecule has 554 valence electrons. The largest absolute Gasteiger partial charge is 0.288 e. The molecule has 3 aromatic carbocycles. The van der Waals surface area contributed by atoms with Crippen LogP contribution in [0.15, 0.2) is 132 Å². The molecule has 0 saturated heterocycles. The van der Waals surface area contributed by atoms with Gasteiger partial charge in [0.25, 0.3) is 0 Å². The lowest BCUT2D eigenvalue weighted by atomic mass is 9.95. The van der Waals surface area contributed by atoms with Crippen LogP contribution in [-0.2, 0) is 25.7 Å². The number of unbranched alkanes of at least 4 members (excludes halogenated alkanes) is 20. The van der Waals surface area contributed by atoms with E-state index in [0.29, 0.717) is 34.1 Å². The van der Waals surface area contributed by atoms with Gasteiger partial charge in [-0.05, 0) is 146 Å². The van der Waals surface area contributed by atoms with Crippen molar-refractivity contribution < 1.29 is 19.2 Å². The standard InChI is InChI=1S/C94H106O4S8/c1-7-13-17-19-21-23-25-27-29-31-39-63-55-67(57-75-87(95)69-41-33-34-42-70(69)88(75)96)101-91(63)81-51-49-77(103-81)83-59-73-85(79-47-45-65(99-79)53-61(11-5)37-15-9-3)94-74(86(93(73)105-83)80-48-46-66(100-80)54-62(12-6)38-16-10-4)60-84(106-94)78-50-52-82(104-78)92-64(40-32-30-28-26-24-22-20-18-14-8-2)56-68(102-92)58-76-89(97)71-43-35-36-44-72(71)90(76)98/h33-36,41-52,55-62H,7-32,37-40,53-54H2,1-6H3. The number of benzene rings is 3. The van der Waals surface area contributed by atoms with Crippen molar-refractivity contribution in [2.45, 2.75) is 247 Å². The maximum Gasteiger partial charge on any atom is 0.197 e. The summed E-state index contributed by atoms with van der Waals surface area (Å²) in [6, 6.07) is 43.4. The van der Waals surface area contributed by atoms with E-state index in [-0.39, 0.29) is 34.3 Å². The first-order chi connectivity index (χ1) is 52.0. The van der Waals surface area contributed by atoms with Crippen molar-refractivity contribution in [1.29, 1.82) is 0 Å². The molecule has 0 fully saturated rings. The fraction of sp³-hybridized carbons (Fsp3) is 0.426. The summed E-state index contributed by atoms with van der Waals surface area (Å²) in [6.07, 6.45) is 43.4. The van der Waals surface area contributed by atoms with Gasteiger partial charge in [0, 0.05) is 122 Å². The second kappa shape index (κ2) is 38.0. The van der Waals surface area contributed by atoms with Crippen LogP contribution in [0.3, 0.4) is 0 Å². The molecule has 0 aliphatic heterocycles. The number of hydrogen-bond acceptors (Lipinski definition) is 12. The number of fused-ring (bicyclic) bond motifs is 4. The molecule has 0 amide bonds. The Morgan fingerprint density at radius 2 is 0.642 bits per heavy atom. The fourth-order valence-electron chi connectivity index (χ4n) is 15.9. The molecular weight excluding hydrogens is 1450 g/mol. The average Bonchev–Trinajstić information content (AvgIpc) is 1.55. The molecule has 0 N–H and O–H groups in total. The Labute approximate surface area is 663 Å². The number of aryl methyl sites for hydroxylation is 2. The maximum absolute atomic E-state index is 13.8. The van der Waals surface area contributed by atoms with E-state index in [1.165, 1.54) is 268 Å². The molecule has 8 heterocycles. The van der Waals surface area contributed by atoms with Crippen molar-refractivity contribution in [2.24, 2.45) is 11.8 Å². The number of thiophene rings is 8. The molecule has 0 saturated carbocycles.